The van der Waals surface area contributed by atoms with E-state index in [0.29, 0.717) is 30.6 Å². The van der Waals surface area contributed by atoms with Crippen molar-refractivity contribution in [1.29, 1.82) is 0 Å². The molecule has 0 aromatic carbocycles. The molecule has 134 valence electrons. The molecule has 7 nitrogen and oxygen atoms in total. The van der Waals surface area contributed by atoms with Gasteiger partial charge in [-0.1, -0.05) is 0 Å². The Morgan fingerprint density at radius 3 is 3.00 bits per heavy atom. The third-order valence-electron chi connectivity index (χ3n) is 4.25. The first-order valence-electron chi connectivity index (χ1n) is 8.16. The molecule has 1 aliphatic rings. The maximum Gasteiger partial charge on any atom is 0.223 e. The van der Waals surface area contributed by atoms with Crippen molar-refractivity contribution < 1.29 is 5.11 Å². The van der Waals surface area contributed by atoms with Crippen molar-refractivity contribution in [2.75, 3.05) is 20.2 Å². The second-order valence-corrected chi connectivity index (χ2v) is 7.21. The molecule has 1 N–H and O–H groups in total. The fourth-order valence-corrected chi connectivity index (χ4v) is 3.59. The van der Waals surface area contributed by atoms with Crippen molar-refractivity contribution in [3.05, 3.63) is 39.1 Å². The minimum atomic E-state index is 0.128. The van der Waals surface area contributed by atoms with Gasteiger partial charge in [0, 0.05) is 37.3 Å². The van der Waals surface area contributed by atoms with Crippen LogP contribution >= 0.6 is 27.5 Å². The van der Waals surface area contributed by atoms with E-state index in [9.17, 15) is 5.11 Å². The second-order valence-electron chi connectivity index (χ2n) is 6.06. The maximum atomic E-state index is 9.19. The van der Waals surface area contributed by atoms with Crippen molar-refractivity contribution in [3.8, 4) is 11.3 Å². The number of nitrogens with zero attached hydrogens (tertiary/aromatic N) is 6. The number of halogens is 2. The summed E-state index contributed by atoms with van der Waals surface area (Å²) in [5.74, 6) is 0. The van der Waals surface area contributed by atoms with Crippen molar-refractivity contribution in [2.45, 2.75) is 13.0 Å². The Balaban J connectivity index is 2.03. The zero-order valence-electron chi connectivity index (χ0n) is 14.0. The van der Waals surface area contributed by atoms with Gasteiger partial charge in [0.25, 0.3) is 0 Å². The number of aryl methyl sites for hydroxylation is 1. The molecule has 0 aliphatic carbocycles. The molecular formula is C17H16BrClN6O. The van der Waals surface area contributed by atoms with Crippen molar-refractivity contribution in [3.63, 3.8) is 0 Å². The van der Waals surface area contributed by atoms with Gasteiger partial charge in [-0.2, -0.15) is 5.10 Å². The molecule has 4 heterocycles. The summed E-state index contributed by atoms with van der Waals surface area (Å²) in [4.78, 5) is 13.1. The lowest BCUT2D eigenvalue weighted by Gasteiger charge is -2.14. The molecule has 26 heavy (non-hydrogen) atoms. The van der Waals surface area contributed by atoms with Crippen molar-refractivity contribution in [1.82, 2.24) is 24.5 Å². The van der Waals surface area contributed by atoms with Gasteiger partial charge in [-0.25, -0.2) is 15.0 Å². The zero-order valence-corrected chi connectivity index (χ0v) is 16.4. The highest BCUT2D eigenvalue weighted by Crippen LogP contribution is 2.29. The largest absolute Gasteiger partial charge is 0.396 e. The first-order chi connectivity index (χ1) is 12.6. The lowest BCUT2D eigenvalue weighted by atomic mass is 10.1. The normalized spacial score (nSPS) is 13.5. The maximum absolute atomic E-state index is 9.19. The first kappa shape index (κ1) is 17.4. The number of pyridine rings is 1. The van der Waals surface area contributed by atoms with Gasteiger partial charge in [0.05, 0.1) is 23.6 Å². The molecule has 3 aromatic rings. The highest BCUT2D eigenvalue weighted by molar-refractivity contribution is 9.10. The molecule has 0 atom stereocenters. The molecule has 0 radical (unpaired) electrons. The summed E-state index contributed by atoms with van der Waals surface area (Å²) in [6.45, 7) is 1.48. The Labute approximate surface area is 162 Å². The van der Waals surface area contributed by atoms with Crippen LogP contribution in [0.1, 0.15) is 6.42 Å². The average molecular weight is 436 g/mol. The Morgan fingerprint density at radius 1 is 1.35 bits per heavy atom. The Bertz CT molecular complexity index is 1110. The monoisotopic (exact) mass is 434 g/mol. The van der Waals surface area contributed by atoms with Gasteiger partial charge in [-0.3, -0.25) is 5.01 Å². The lowest BCUT2D eigenvalue weighted by Crippen LogP contribution is -2.39. The van der Waals surface area contributed by atoms with E-state index in [1.165, 1.54) is 0 Å². The van der Waals surface area contributed by atoms with E-state index in [0.717, 1.165) is 26.4 Å². The van der Waals surface area contributed by atoms with E-state index in [1.807, 2.05) is 36.6 Å². The molecule has 0 bridgehead atoms. The fourth-order valence-electron chi connectivity index (χ4n) is 3.08. The van der Waals surface area contributed by atoms with Crippen LogP contribution < -0.4 is 10.7 Å². The number of aromatic nitrogens is 4. The van der Waals surface area contributed by atoms with Crippen LogP contribution in [0.2, 0.25) is 5.28 Å². The second kappa shape index (κ2) is 6.94. The predicted molar refractivity (Wildman–Crippen MR) is 103 cm³/mol. The van der Waals surface area contributed by atoms with E-state index in [2.05, 4.69) is 40.6 Å². The summed E-state index contributed by atoms with van der Waals surface area (Å²) in [7, 11) is 1.91. The van der Waals surface area contributed by atoms with E-state index in [1.54, 1.807) is 0 Å². The quantitative estimate of drug-likeness (QED) is 0.497. The standard InChI is InChI=1S/C17H16BrClN6O/c1-24-5-3-12-16(23-24)15(22-17(19)21-12)11-9-25(4-2-6-26)13-8-20-14(18)7-10(11)13/h3,7-9,26H,2,4-6H2,1H3. The first-order valence-corrected chi connectivity index (χ1v) is 9.33. The molecular weight excluding hydrogens is 420 g/mol. The lowest BCUT2D eigenvalue weighted by molar-refractivity contribution is 0.280. The van der Waals surface area contributed by atoms with Gasteiger partial charge in [0.15, 0.2) is 0 Å². The van der Waals surface area contributed by atoms with Gasteiger partial charge < -0.3 is 9.67 Å². The van der Waals surface area contributed by atoms with E-state index >= 15 is 0 Å². The van der Waals surface area contributed by atoms with Gasteiger partial charge in [0.1, 0.15) is 15.7 Å². The molecule has 0 fully saturated rings. The molecule has 0 saturated carbocycles. The Morgan fingerprint density at radius 2 is 2.19 bits per heavy atom. The van der Waals surface area contributed by atoms with Crippen LogP contribution in [0.3, 0.4) is 0 Å². The minimum Gasteiger partial charge on any atom is -0.396 e. The summed E-state index contributed by atoms with van der Waals surface area (Å²) in [5, 5.41) is 18.3. The van der Waals surface area contributed by atoms with E-state index in [4.69, 9.17) is 11.6 Å². The van der Waals surface area contributed by atoms with E-state index in [-0.39, 0.29) is 11.9 Å². The Kier molecular flexibility index (Phi) is 4.64. The smallest absolute Gasteiger partial charge is 0.223 e. The van der Waals surface area contributed by atoms with Crippen LogP contribution in [-0.4, -0.2) is 49.8 Å². The topological polar surface area (TPSA) is 79.4 Å². The number of rotatable bonds is 4. The number of aliphatic hydroxyl groups is 1. The number of fused-ring (bicyclic) bond motifs is 2. The predicted octanol–water partition coefficient (Wildman–Crippen LogP) is 1.55. The van der Waals surface area contributed by atoms with Crippen LogP contribution in [0.5, 0.6) is 0 Å². The van der Waals surface area contributed by atoms with Crippen LogP contribution in [0, 0.1) is 0 Å². The highest BCUT2D eigenvalue weighted by Gasteiger charge is 2.17. The summed E-state index contributed by atoms with van der Waals surface area (Å²) >= 11 is 9.62. The third-order valence-corrected chi connectivity index (χ3v) is 4.85. The summed E-state index contributed by atoms with van der Waals surface area (Å²) < 4.78 is 2.81. The molecule has 3 aromatic heterocycles. The van der Waals surface area contributed by atoms with Gasteiger partial charge in [-0.15, -0.1) is 0 Å². The minimum absolute atomic E-state index is 0.128. The number of aliphatic hydroxyl groups excluding tert-OH is 1. The Hall–Kier alpha value is -2.03. The van der Waals surface area contributed by atoms with Crippen molar-refractivity contribution in [2.24, 2.45) is 5.10 Å². The molecule has 0 saturated heterocycles. The number of hydrogen-bond acceptors (Lipinski definition) is 6. The highest BCUT2D eigenvalue weighted by atomic mass is 79.9. The van der Waals surface area contributed by atoms with Crippen LogP contribution in [0.15, 0.2) is 28.2 Å². The molecule has 0 unspecified atom stereocenters. The van der Waals surface area contributed by atoms with Gasteiger partial charge >= 0.3 is 0 Å². The molecule has 4 rings (SSSR count). The molecule has 0 spiro atoms. The van der Waals surface area contributed by atoms with Gasteiger partial charge in [0.2, 0.25) is 5.28 Å². The molecule has 9 heteroatoms. The molecule has 1 aliphatic heterocycles. The average Bonchev–Trinajstić information content (AvgIpc) is 2.97. The van der Waals surface area contributed by atoms with Crippen LogP contribution in [0.4, 0.5) is 0 Å². The SMILES string of the molecule is CN1CC=c2nc(Cl)nc(-c3cn(CCCO)c4cnc(Br)cc34)c2=N1. The van der Waals surface area contributed by atoms with Crippen molar-refractivity contribution >= 4 is 44.5 Å². The molecule has 0 amide bonds. The fraction of sp³-hybridized carbons (Fsp3) is 0.294. The number of hydrogen-bond donors (Lipinski definition) is 1. The summed E-state index contributed by atoms with van der Waals surface area (Å²) in [5.41, 5.74) is 2.57. The third kappa shape index (κ3) is 3.08. The van der Waals surface area contributed by atoms with Gasteiger partial charge in [-0.05, 0) is 46.1 Å². The summed E-state index contributed by atoms with van der Waals surface area (Å²) in [6.07, 6.45) is 6.47. The van der Waals surface area contributed by atoms with Crippen LogP contribution in [0.25, 0.3) is 28.2 Å². The van der Waals surface area contributed by atoms with E-state index < -0.39 is 0 Å². The summed E-state index contributed by atoms with van der Waals surface area (Å²) in [6, 6.07) is 1.96. The zero-order chi connectivity index (χ0) is 18.3. The van der Waals surface area contributed by atoms with Crippen LogP contribution in [-0.2, 0) is 6.54 Å².